The van der Waals surface area contributed by atoms with Gasteiger partial charge < -0.3 is 0 Å². The number of hydrogen-bond acceptors (Lipinski definition) is 1. The van der Waals surface area contributed by atoms with E-state index in [0.29, 0.717) is 0 Å². The van der Waals surface area contributed by atoms with Gasteiger partial charge in [0, 0.05) is 5.69 Å². The molecule has 0 saturated carbocycles. The number of allylic oxidation sites excluding steroid dienone is 1. The molecule has 0 N–H and O–H groups in total. The van der Waals surface area contributed by atoms with E-state index in [0.717, 1.165) is 25.8 Å². The number of nitrogens with zero attached hydrogens (tertiary/aromatic N) is 2. The van der Waals surface area contributed by atoms with E-state index < -0.39 is 0 Å². The average molecular weight is 192 g/mol. The Balaban J connectivity index is 2.83. The third-order valence-corrected chi connectivity index (χ3v) is 2.51. The third-order valence-electron chi connectivity index (χ3n) is 2.51. The van der Waals surface area contributed by atoms with Crippen LogP contribution in [0.3, 0.4) is 0 Å². The molecule has 0 aromatic carbocycles. The maximum Gasteiger partial charge on any atom is 0.0624 e. The van der Waals surface area contributed by atoms with Crippen LogP contribution in [0.2, 0.25) is 0 Å². The minimum atomic E-state index is 0.875. The molecule has 0 fully saturated rings. The van der Waals surface area contributed by atoms with Crippen LogP contribution in [-0.4, -0.2) is 9.78 Å². The van der Waals surface area contributed by atoms with Gasteiger partial charge in [0.1, 0.15) is 0 Å². The second kappa shape index (κ2) is 4.99. The summed E-state index contributed by atoms with van der Waals surface area (Å²) in [6.45, 7) is 11.3. The zero-order valence-corrected chi connectivity index (χ0v) is 9.51. The molecule has 0 atom stereocenters. The molecule has 0 aliphatic heterocycles. The molecular formula is C12H20N2. The summed E-state index contributed by atoms with van der Waals surface area (Å²) < 4.78 is 2.09. The summed E-state index contributed by atoms with van der Waals surface area (Å²) in [5, 5.41) is 4.54. The van der Waals surface area contributed by atoms with E-state index in [1.165, 1.54) is 17.0 Å². The first kappa shape index (κ1) is 11.0. The molecule has 1 aromatic rings. The molecule has 78 valence electrons. The van der Waals surface area contributed by atoms with E-state index >= 15 is 0 Å². The standard InChI is InChI=1S/C12H20N2/c1-5-10(4)9-14-12(7-3)8-11(6-2)13-14/h8H,4-7,9H2,1-3H3. The zero-order chi connectivity index (χ0) is 10.6. The lowest BCUT2D eigenvalue weighted by atomic mass is 10.2. The maximum absolute atomic E-state index is 4.54. The summed E-state index contributed by atoms with van der Waals surface area (Å²) in [6, 6.07) is 2.20. The first-order valence-corrected chi connectivity index (χ1v) is 5.43. The zero-order valence-electron chi connectivity index (χ0n) is 9.51. The first-order valence-electron chi connectivity index (χ1n) is 5.43. The average Bonchev–Trinajstić information content (AvgIpc) is 2.60. The van der Waals surface area contributed by atoms with E-state index in [1.807, 2.05) is 0 Å². The van der Waals surface area contributed by atoms with Crippen molar-refractivity contribution in [3.63, 3.8) is 0 Å². The van der Waals surface area contributed by atoms with Crippen LogP contribution < -0.4 is 0 Å². The summed E-state index contributed by atoms with van der Waals surface area (Å²) in [6.07, 6.45) is 3.09. The summed E-state index contributed by atoms with van der Waals surface area (Å²) in [5.41, 5.74) is 3.74. The van der Waals surface area contributed by atoms with Crippen molar-refractivity contribution in [1.82, 2.24) is 9.78 Å². The van der Waals surface area contributed by atoms with Gasteiger partial charge in [-0.3, -0.25) is 4.68 Å². The van der Waals surface area contributed by atoms with Crippen molar-refractivity contribution in [3.8, 4) is 0 Å². The Bertz CT molecular complexity index is 310. The lowest BCUT2D eigenvalue weighted by Crippen LogP contribution is -2.06. The van der Waals surface area contributed by atoms with Crippen LogP contribution >= 0.6 is 0 Å². The molecule has 0 radical (unpaired) electrons. The summed E-state index contributed by atoms with van der Waals surface area (Å²) >= 11 is 0. The molecule has 1 rings (SSSR count). The summed E-state index contributed by atoms with van der Waals surface area (Å²) in [5.74, 6) is 0. The topological polar surface area (TPSA) is 17.8 Å². The lowest BCUT2D eigenvalue weighted by Gasteiger charge is -2.06. The molecule has 0 unspecified atom stereocenters. The van der Waals surface area contributed by atoms with Crippen molar-refractivity contribution in [1.29, 1.82) is 0 Å². The van der Waals surface area contributed by atoms with Crippen molar-refractivity contribution in [2.45, 2.75) is 46.6 Å². The van der Waals surface area contributed by atoms with Crippen molar-refractivity contribution in [2.75, 3.05) is 0 Å². The fourth-order valence-electron chi connectivity index (χ4n) is 1.43. The van der Waals surface area contributed by atoms with E-state index in [1.54, 1.807) is 0 Å². The van der Waals surface area contributed by atoms with Crippen LogP contribution in [0.1, 0.15) is 38.6 Å². The highest BCUT2D eigenvalue weighted by atomic mass is 15.3. The van der Waals surface area contributed by atoms with Crippen molar-refractivity contribution in [3.05, 3.63) is 29.6 Å². The molecule has 0 bridgehead atoms. The number of rotatable bonds is 5. The van der Waals surface area contributed by atoms with Gasteiger partial charge in [0.05, 0.1) is 12.2 Å². The van der Waals surface area contributed by atoms with Gasteiger partial charge in [-0.15, -0.1) is 0 Å². The first-order chi connectivity index (χ1) is 6.71. The Kier molecular flexibility index (Phi) is 3.93. The Morgan fingerprint density at radius 1 is 1.36 bits per heavy atom. The highest BCUT2D eigenvalue weighted by molar-refractivity contribution is 5.11. The lowest BCUT2D eigenvalue weighted by molar-refractivity contribution is 0.624. The van der Waals surface area contributed by atoms with E-state index in [2.05, 4.69) is 43.2 Å². The molecule has 0 saturated heterocycles. The van der Waals surface area contributed by atoms with E-state index in [-0.39, 0.29) is 0 Å². The Labute approximate surface area is 86.6 Å². The van der Waals surface area contributed by atoms with E-state index in [4.69, 9.17) is 0 Å². The second-order valence-electron chi connectivity index (χ2n) is 3.60. The van der Waals surface area contributed by atoms with E-state index in [9.17, 15) is 0 Å². The predicted molar refractivity (Wildman–Crippen MR) is 60.4 cm³/mol. The predicted octanol–water partition coefficient (Wildman–Crippen LogP) is 2.97. The minimum Gasteiger partial charge on any atom is -0.265 e. The van der Waals surface area contributed by atoms with Crippen molar-refractivity contribution in [2.24, 2.45) is 0 Å². The fourth-order valence-corrected chi connectivity index (χ4v) is 1.43. The molecule has 2 heteroatoms. The number of aryl methyl sites for hydroxylation is 2. The van der Waals surface area contributed by atoms with Gasteiger partial charge in [-0.1, -0.05) is 32.9 Å². The van der Waals surface area contributed by atoms with Crippen LogP contribution in [0.4, 0.5) is 0 Å². The van der Waals surface area contributed by atoms with Gasteiger partial charge in [0.25, 0.3) is 0 Å². The molecule has 0 spiro atoms. The minimum absolute atomic E-state index is 0.875. The van der Waals surface area contributed by atoms with Gasteiger partial charge in [-0.2, -0.15) is 5.10 Å². The molecule has 0 aliphatic rings. The smallest absolute Gasteiger partial charge is 0.0624 e. The van der Waals surface area contributed by atoms with Crippen LogP contribution in [0.25, 0.3) is 0 Å². The quantitative estimate of drug-likeness (QED) is 0.656. The highest BCUT2D eigenvalue weighted by Crippen LogP contribution is 2.09. The Morgan fingerprint density at radius 2 is 2.07 bits per heavy atom. The van der Waals surface area contributed by atoms with Gasteiger partial charge in [-0.05, 0) is 25.3 Å². The second-order valence-corrected chi connectivity index (χ2v) is 3.60. The SMILES string of the molecule is C=C(CC)Cn1nc(CC)cc1CC. The van der Waals surface area contributed by atoms with Crippen LogP contribution in [-0.2, 0) is 19.4 Å². The molecular weight excluding hydrogens is 172 g/mol. The van der Waals surface area contributed by atoms with Crippen molar-refractivity contribution >= 4 is 0 Å². The van der Waals surface area contributed by atoms with Gasteiger partial charge in [0.2, 0.25) is 0 Å². The van der Waals surface area contributed by atoms with Gasteiger partial charge >= 0.3 is 0 Å². The molecule has 1 aromatic heterocycles. The van der Waals surface area contributed by atoms with Crippen LogP contribution in [0, 0.1) is 0 Å². The van der Waals surface area contributed by atoms with Crippen LogP contribution in [0.15, 0.2) is 18.2 Å². The summed E-state index contributed by atoms with van der Waals surface area (Å²) in [4.78, 5) is 0. The normalized spacial score (nSPS) is 10.5. The van der Waals surface area contributed by atoms with Crippen molar-refractivity contribution < 1.29 is 0 Å². The molecule has 2 nitrogen and oxygen atoms in total. The van der Waals surface area contributed by atoms with Gasteiger partial charge in [0.15, 0.2) is 0 Å². The maximum atomic E-state index is 4.54. The third kappa shape index (κ3) is 2.47. The fraction of sp³-hybridized carbons (Fsp3) is 0.583. The Morgan fingerprint density at radius 3 is 2.57 bits per heavy atom. The molecule has 1 heterocycles. The summed E-state index contributed by atoms with van der Waals surface area (Å²) in [7, 11) is 0. The Hall–Kier alpha value is -1.05. The molecule has 0 aliphatic carbocycles. The largest absolute Gasteiger partial charge is 0.265 e. The van der Waals surface area contributed by atoms with Crippen LogP contribution in [0.5, 0.6) is 0 Å². The monoisotopic (exact) mass is 192 g/mol. The number of aromatic nitrogens is 2. The highest BCUT2D eigenvalue weighted by Gasteiger charge is 2.05. The van der Waals surface area contributed by atoms with Gasteiger partial charge in [-0.25, -0.2) is 0 Å². The molecule has 0 amide bonds. The number of hydrogen-bond donors (Lipinski definition) is 0. The molecule has 14 heavy (non-hydrogen) atoms.